The molecule has 3 aromatic rings. The maximum absolute atomic E-state index is 13.1. The van der Waals surface area contributed by atoms with E-state index >= 15 is 0 Å². The highest BCUT2D eigenvalue weighted by atomic mass is 35.5. The Morgan fingerprint density at radius 2 is 2.20 bits per heavy atom. The summed E-state index contributed by atoms with van der Waals surface area (Å²) in [4.78, 5) is 12.0. The summed E-state index contributed by atoms with van der Waals surface area (Å²) in [6.07, 6.45) is 1.59. The number of hydrogen-bond donors (Lipinski definition) is 1. The van der Waals surface area contributed by atoms with E-state index in [1.807, 2.05) is 20.0 Å². The molecule has 6 nitrogen and oxygen atoms in total. The number of carbonyl (C=O) groups excluding carboxylic acids is 1. The predicted molar refractivity (Wildman–Crippen MR) is 94.2 cm³/mol. The summed E-state index contributed by atoms with van der Waals surface area (Å²) in [7, 11) is 1.82. The number of anilines is 1. The van der Waals surface area contributed by atoms with Crippen molar-refractivity contribution in [2.24, 2.45) is 7.05 Å². The molecule has 0 bridgehead atoms. The molecule has 1 aromatic carbocycles. The number of rotatable bonds is 5. The largest absolute Gasteiger partial charge is 0.469 e. The fourth-order valence-electron chi connectivity index (χ4n) is 2.19. The molecule has 0 fully saturated rings. The van der Waals surface area contributed by atoms with Crippen LogP contribution in [0.25, 0.3) is 11.4 Å². The molecular weight excluding hydrogens is 367 g/mol. The minimum atomic E-state index is -0.532. The van der Waals surface area contributed by atoms with Gasteiger partial charge in [-0.3, -0.25) is 4.79 Å². The van der Waals surface area contributed by atoms with Crippen LogP contribution < -0.4 is 5.32 Å². The first-order valence-electron chi connectivity index (χ1n) is 7.27. The molecule has 130 valence electrons. The number of hydrogen-bond acceptors (Lipinski definition) is 5. The molecule has 0 atom stereocenters. The molecule has 1 N–H and O–H groups in total. The zero-order valence-electron chi connectivity index (χ0n) is 13.4. The Kier molecular flexibility index (Phi) is 5.10. The van der Waals surface area contributed by atoms with Crippen molar-refractivity contribution in [1.82, 2.24) is 14.8 Å². The predicted octanol–water partition coefficient (Wildman–Crippen LogP) is 3.91. The minimum Gasteiger partial charge on any atom is -0.469 e. The van der Waals surface area contributed by atoms with Crippen molar-refractivity contribution in [3.05, 3.63) is 47.1 Å². The summed E-state index contributed by atoms with van der Waals surface area (Å²) < 4.78 is 20.2. The normalized spacial score (nSPS) is 10.9. The van der Waals surface area contributed by atoms with Crippen LogP contribution >= 0.6 is 23.4 Å². The molecule has 9 heteroatoms. The highest BCUT2D eigenvalue weighted by Crippen LogP contribution is 2.26. The van der Waals surface area contributed by atoms with E-state index < -0.39 is 5.82 Å². The van der Waals surface area contributed by atoms with Gasteiger partial charge in [0.15, 0.2) is 11.0 Å². The van der Waals surface area contributed by atoms with Crippen LogP contribution in [0.5, 0.6) is 0 Å². The third kappa shape index (κ3) is 3.85. The van der Waals surface area contributed by atoms with Gasteiger partial charge >= 0.3 is 0 Å². The molecule has 0 spiro atoms. The molecule has 2 aromatic heterocycles. The lowest BCUT2D eigenvalue weighted by Gasteiger charge is -2.06. The van der Waals surface area contributed by atoms with Gasteiger partial charge in [0.25, 0.3) is 0 Å². The number of halogens is 2. The highest BCUT2D eigenvalue weighted by Gasteiger charge is 2.16. The number of aryl methyl sites for hydroxylation is 1. The number of nitrogens with zero attached hydrogens (tertiary/aromatic N) is 3. The number of furan rings is 1. The summed E-state index contributed by atoms with van der Waals surface area (Å²) in [5.41, 5.74) is 1.29. The van der Waals surface area contributed by atoms with E-state index in [-0.39, 0.29) is 16.7 Å². The van der Waals surface area contributed by atoms with Gasteiger partial charge in [-0.1, -0.05) is 23.4 Å². The maximum atomic E-state index is 13.1. The Hall–Kier alpha value is -2.32. The Morgan fingerprint density at radius 1 is 1.40 bits per heavy atom. The van der Waals surface area contributed by atoms with Gasteiger partial charge in [0.1, 0.15) is 11.6 Å². The molecule has 25 heavy (non-hydrogen) atoms. The van der Waals surface area contributed by atoms with E-state index in [2.05, 4.69) is 15.5 Å². The summed E-state index contributed by atoms with van der Waals surface area (Å²) in [5, 5.41) is 11.5. The Balaban J connectivity index is 1.64. The monoisotopic (exact) mass is 380 g/mol. The Morgan fingerprint density at radius 3 is 2.88 bits per heavy atom. The van der Waals surface area contributed by atoms with E-state index in [0.29, 0.717) is 16.7 Å². The SMILES string of the molecule is Cc1occc1-c1nnc(SCC(=O)Nc2ccc(F)c(Cl)c2)n1C. The molecule has 0 aliphatic heterocycles. The standard InChI is InChI=1S/C16H14ClFN4O2S/c1-9-11(5-6-24-9)15-20-21-16(22(15)2)25-8-14(23)19-10-3-4-13(18)12(17)7-10/h3-7H,8H2,1-2H3,(H,19,23). The van der Waals surface area contributed by atoms with E-state index in [0.717, 1.165) is 11.3 Å². The van der Waals surface area contributed by atoms with Crippen LogP contribution in [0, 0.1) is 12.7 Å². The van der Waals surface area contributed by atoms with Gasteiger partial charge in [-0.15, -0.1) is 10.2 Å². The van der Waals surface area contributed by atoms with Crippen molar-refractivity contribution < 1.29 is 13.6 Å². The molecule has 0 radical (unpaired) electrons. The first kappa shape index (κ1) is 17.5. The molecule has 0 aliphatic carbocycles. The van der Waals surface area contributed by atoms with Crippen LogP contribution in [0.4, 0.5) is 10.1 Å². The van der Waals surface area contributed by atoms with Crippen LogP contribution in [0.15, 0.2) is 40.1 Å². The minimum absolute atomic E-state index is 0.0427. The molecule has 1 amide bonds. The molecule has 3 rings (SSSR count). The molecule has 0 aliphatic rings. The number of carbonyl (C=O) groups is 1. The zero-order valence-corrected chi connectivity index (χ0v) is 15.0. The van der Waals surface area contributed by atoms with Gasteiger partial charge in [0.2, 0.25) is 5.91 Å². The van der Waals surface area contributed by atoms with Crippen molar-refractivity contribution in [3.63, 3.8) is 0 Å². The number of benzene rings is 1. The lowest BCUT2D eigenvalue weighted by molar-refractivity contribution is -0.113. The molecule has 0 saturated carbocycles. The van der Waals surface area contributed by atoms with Crippen molar-refractivity contribution >= 4 is 35.0 Å². The third-order valence-corrected chi connectivity index (χ3v) is 4.78. The average molecular weight is 381 g/mol. The van der Waals surface area contributed by atoms with E-state index in [1.165, 1.54) is 30.0 Å². The lowest BCUT2D eigenvalue weighted by Crippen LogP contribution is -2.14. The van der Waals surface area contributed by atoms with E-state index in [9.17, 15) is 9.18 Å². The number of nitrogens with one attached hydrogen (secondary N) is 1. The van der Waals surface area contributed by atoms with Crippen molar-refractivity contribution in [2.45, 2.75) is 12.1 Å². The van der Waals surface area contributed by atoms with Gasteiger partial charge in [-0.25, -0.2) is 4.39 Å². The number of thioether (sulfide) groups is 1. The average Bonchev–Trinajstić information content (AvgIpc) is 3.14. The molecule has 2 heterocycles. The Bertz CT molecular complexity index is 925. The fraction of sp³-hybridized carbons (Fsp3) is 0.188. The first-order chi connectivity index (χ1) is 12.0. The van der Waals surface area contributed by atoms with Gasteiger partial charge in [0.05, 0.1) is 22.6 Å². The van der Waals surface area contributed by atoms with Crippen molar-refractivity contribution in [2.75, 3.05) is 11.1 Å². The Labute approximate surface area is 152 Å². The van der Waals surface area contributed by atoms with Gasteiger partial charge in [-0.2, -0.15) is 0 Å². The summed E-state index contributed by atoms with van der Waals surface area (Å²) >= 11 is 6.94. The van der Waals surface area contributed by atoms with Crippen LogP contribution in [-0.2, 0) is 11.8 Å². The topological polar surface area (TPSA) is 72.9 Å². The second-order valence-corrected chi connectivity index (χ2v) is 6.57. The fourth-order valence-corrected chi connectivity index (χ4v) is 3.08. The summed E-state index contributed by atoms with van der Waals surface area (Å²) in [5.74, 6) is 0.759. The summed E-state index contributed by atoms with van der Waals surface area (Å²) in [6.45, 7) is 1.85. The van der Waals surface area contributed by atoms with Crippen LogP contribution in [0.2, 0.25) is 5.02 Å². The molecule has 0 saturated heterocycles. The van der Waals surface area contributed by atoms with E-state index in [1.54, 1.807) is 10.8 Å². The van der Waals surface area contributed by atoms with Gasteiger partial charge in [-0.05, 0) is 31.2 Å². The zero-order chi connectivity index (χ0) is 18.0. The van der Waals surface area contributed by atoms with Crippen molar-refractivity contribution in [3.8, 4) is 11.4 Å². The van der Waals surface area contributed by atoms with Crippen LogP contribution in [0.1, 0.15) is 5.76 Å². The molecular formula is C16H14ClFN4O2S. The van der Waals surface area contributed by atoms with Gasteiger partial charge < -0.3 is 14.3 Å². The second-order valence-electron chi connectivity index (χ2n) is 5.22. The maximum Gasteiger partial charge on any atom is 0.234 e. The molecule has 0 unspecified atom stereocenters. The smallest absolute Gasteiger partial charge is 0.234 e. The van der Waals surface area contributed by atoms with E-state index in [4.69, 9.17) is 16.0 Å². The second kappa shape index (κ2) is 7.28. The quantitative estimate of drug-likeness (QED) is 0.679. The third-order valence-electron chi connectivity index (χ3n) is 3.47. The number of amides is 1. The van der Waals surface area contributed by atoms with Crippen molar-refractivity contribution in [1.29, 1.82) is 0 Å². The first-order valence-corrected chi connectivity index (χ1v) is 8.63. The van der Waals surface area contributed by atoms with Gasteiger partial charge in [0, 0.05) is 12.7 Å². The highest BCUT2D eigenvalue weighted by molar-refractivity contribution is 7.99. The summed E-state index contributed by atoms with van der Waals surface area (Å²) in [6, 6.07) is 5.83. The van der Waals surface area contributed by atoms with Crippen LogP contribution in [-0.4, -0.2) is 26.4 Å². The van der Waals surface area contributed by atoms with Crippen LogP contribution in [0.3, 0.4) is 0 Å². The number of aromatic nitrogens is 3. The lowest BCUT2D eigenvalue weighted by atomic mass is 10.2.